The van der Waals surface area contributed by atoms with Crippen molar-refractivity contribution in [1.29, 1.82) is 0 Å². The molecule has 0 amide bonds. The number of nitrogens with one attached hydrogen (secondary N) is 1. The summed E-state index contributed by atoms with van der Waals surface area (Å²) in [5.41, 5.74) is 8.13. The van der Waals surface area contributed by atoms with E-state index >= 15 is 0 Å². The van der Waals surface area contributed by atoms with Gasteiger partial charge in [0.15, 0.2) is 12.0 Å². The van der Waals surface area contributed by atoms with E-state index in [1.807, 2.05) is 24.3 Å². The number of carbonyl (C=O) groups is 1. The van der Waals surface area contributed by atoms with Crippen LogP contribution in [0.1, 0.15) is 22.3 Å². The molecular weight excluding hydrogens is 518 g/mol. The van der Waals surface area contributed by atoms with Crippen molar-refractivity contribution in [3.63, 3.8) is 0 Å². The zero-order valence-electron chi connectivity index (χ0n) is 19.2. The number of hydrogen-bond donors (Lipinski definition) is 3. The van der Waals surface area contributed by atoms with Crippen LogP contribution in [0.4, 0.5) is 11.6 Å². The number of aromatic hydroxyl groups is 1. The number of ether oxygens (including phenoxy) is 1. The number of phenolic OH excluding ortho intramolecular Hbond substituents is 1. The molecule has 3 heterocycles. The summed E-state index contributed by atoms with van der Waals surface area (Å²) in [6.07, 6.45) is 3.62. The molecule has 0 atom stereocenters. The molecule has 13 heteroatoms. The molecule has 0 aliphatic rings. The first-order valence-electron chi connectivity index (χ1n) is 11.1. The molecule has 0 aliphatic heterocycles. The number of nitrogens with two attached hydrogens (primary N) is 1. The van der Waals surface area contributed by atoms with Crippen LogP contribution in [-0.2, 0) is 6.42 Å². The number of phenols is 1. The first kappa shape index (κ1) is 24.4. The Kier molecular flexibility index (Phi) is 7.10. The summed E-state index contributed by atoms with van der Waals surface area (Å²) in [5, 5.41) is 14.1. The van der Waals surface area contributed by atoms with Gasteiger partial charge in [0.1, 0.15) is 5.75 Å². The minimum atomic E-state index is -0.220. The van der Waals surface area contributed by atoms with Gasteiger partial charge in [-0.15, -0.1) is 5.10 Å². The average Bonchev–Trinajstić information content (AvgIpc) is 3.58. The molecule has 0 fully saturated rings. The van der Waals surface area contributed by atoms with Gasteiger partial charge >= 0.3 is 6.01 Å². The molecule has 0 saturated heterocycles. The molecule has 0 aliphatic carbocycles. The van der Waals surface area contributed by atoms with Crippen LogP contribution in [-0.4, -0.2) is 42.6 Å². The monoisotopic (exact) mass is 537 g/mol. The molecule has 0 unspecified atom stereocenters. The number of aryl methyl sites for hydroxylation is 1. The summed E-state index contributed by atoms with van der Waals surface area (Å²) in [4.78, 5) is 24.5. The molecule has 11 nitrogen and oxygen atoms in total. The van der Waals surface area contributed by atoms with Gasteiger partial charge in [0, 0.05) is 10.6 Å². The van der Waals surface area contributed by atoms with Crippen LogP contribution in [0.3, 0.4) is 0 Å². The topological polar surface area (TPSA) is 154 Å². The molecule has 0 bridgehead atoms. The summed E-state index contributed by atoms with van der Waals surface area (Å²) in [7, 11) is 0. The van der Waals surface area contributed by atoms with Crippen molar-refractivity contribution in [2.45, 2.75) is 17.7 Å². The molecule has 0 radical (unpaired) electrons. The van der Waals surface area contributed by atoms with Gasteiger partial charge in [-0.25, -0.2) is 0 Å². The van der Waals surface area contributed by atoms with E-state index in [0.717, 1.165) is 24.1 Å². The van der Waals surface area contributed by atoms with Crippen molar-refractivity contribution in [1.82, 2.24) is 24.6 Å². The van der Waals surface area contributed by atoms with E-state index in [4.69, 9.17) is 26.5 Å². The lowest BCUT2D eigenvalue weighted by atomic mass is 10.1. The smallest absolute Gasteiger partial charge is 0.323 e. The minimum absolute atomic E-state index is 0.114. The van der Waals surface area contributed by atoms with Crippen LogP contribution in [0.2, 0.25) is 5.02 Å². The largest absolute Gasteiger partial charge is 0.506 e. The Bertz CT molecular complexity index is 1540. The number of aldehydes is 1. The fourth-order valence-electron chi connectivity index (χ4n) is 3.40. The summed E-state index contributed by atoms with van der Waals surface area (Å²) in [5.74, 6) is 1.03. The fraction of sp³-hybridized carbons (Fsp3) is 0.125. The highest BCUT2D eigenvalue weighted by Crippen LogP contribution is 2.32. The number of hydrogen-bond acceptors (Lipinski definition) is 11. The predicted octanol–water partition coefficient (Wildman–Crippen LogP) is 4.66. The molecule has 0 saturated carbocycles. The van der Waals surface area contributed by atoms with Crippen LogP contribution in [0.5, 0.6) is 11.8 Å². The van der Waals surface area contributed by atoms with E-state index in [2.05, 4.69) is 24.8 Å². The zero-order chi connectivity index (χ0) is 25.8. The highest BCUT2D eigenvalue weighted by atomic mass is 35.5. The highest BCUT2D eigenvalue weighted by molar-refractivity contribution is 8.00. The second-order valence-electron chi connectivity index (χ2n) is 7.80. The summed E-state index contributed by atoms with van der Waals surface area (Å²) >= 11 is 7.26. The number of halogens is 1. The van der Waals surface area contributed by atoms with Crippen molar-refractivity contribution in [2.75, 3.05) is 17.1 Å². The number of fused-ring (bicyclic) bond motifs is 1. The Balaban J connectivity index is 1.12. The molecule has 4 N–H and O–H groups in total. The number of rotatable bonds is 10. The lowest BCUT2D eigenvalue weighted by Gasteiger charge is -2.09. The van der Waals surface area contributed by atoms with E-state index < -0.39 is 0 Å². The number of furan rings is 1. The van der Waals surface area contributed by atoms with Gasteiger partial charge < -0.3 is 24.7 Å². The number of aromatic nitrogens is 5. The van der Waals surface area contributed by atoms with Gasteiger partial charge in [0.2, 0.25) is 11.8 Å². The molecule has 37 heavy (non-hydrogen) atoms. The molecule has 188 valence electrons. The third-order valence-corrected chi connectivity index (χ3v) is 6.33. The van der Waals surface area contributed by atoms with Gasteiger partial charge in [0.05, 0.1) is 23.5 Å². The lowest BCUT2D eigenvalue weighted by Crippen LogP contribution is -2.08. The molecule has 3 aromatic heterocycles. The first-order chi connectivity index (χ1) is 18.0. The van der Waals surface area contributed by atoms with Crippen molar-refractivity contribution < 1.29 is 19.1 Å². The third-order valence-electron chi connectivity index (χ3n) is 5.23. The van der Waals surface area contributed by atoms with E-state index in [-0.39, 0.29) is 34.1 Å². The van der Waals surface area contributed by atoms with Crippen LogP contribution in [0.25, 0.3) is 17.4 Å². The number of benzene rings is 2. The maximum atomic E-state index is 11.1. The Morgan fingerprint density at radius 1 is 1.19 bits per heavy atom. The maximum absolute atomic E-state index is 11.1. The van der Waals surface area contributed by atoms with Gasteiger partial charge in [-0.2, -0.15) is 19.5 Å². The molecule has 5 aromatic rings. The van der Waals surface area contributed by atoms with Crippen molar-refractivity contribution in [3.05, 3.63) is 70.9 Å². The van der Waals surface area contributed by atoms with Crippen molar-refractivity contribution in [2.24, 2.45) is 0 Å². The third kappa shape index (κ3) is 5.60. The number of nitrogens with zero attached hydrogens (tertiary/aromatic N) is 5. The molecular formula is C24H20ClN7O4S. The summed E-state index contributed by atoms with van der Waals surface area (Å²) in [6, 6.07) is 14.7. The van der Waals surface area contributed by atoms with Crippen LogP contribution in [0, 0.1) is 0 Å². The predicted molar refractivity (Wildman–Crippen MR) is 139 cm³/mol. The number of nitrogen functional groups attached to an aromatic ring is 1. The SMILES string of the molecule is Nc1nc(OCCCc2ccc(NSc3cc(Cl)c(O)c(C=O)c3)cc2)nc2nc(-c3ccco3)nn12. The van der Waals surface area contributed by atoms with Crippen LogP contribution < -0.4 is 15.2 Å². The van der Waals surface area contributed by atoms with Gasteiger partial charge in [-0.05, 0) is 66.8 Å². The molecule has 2 aromatic carbocycles. The second-order valence-corrected chi connectivity index (χ2v) is 9.09. The Hall–Kier alpha value is -4.29. The lowest BCUT2D eigenvalue weighted by molar-refractivity contribution is 0.112. The van der Waals surface area contributed by atoms with Crippen molar-refractivity contribution >= 4 is 47.2 Å². The Morgan fingerprint density at radius 3 is 2.78 bits per heavy atom. The average molecular weight is 538 g/mol. The molecule has 0 spiro atoms. The second kappa shape index (κ2) is 10.8. The zero-order valence-corrected chi connectivity index (χ0v) is 20.7. The quantitative estimate of drug-likeness (QED) is 0.129. The minimum Gasteiger partial charge on any atom is -0.506 e. The Morgan fingerprint density at radius 2 is 2.03 bits per heavy atom. The number of carbonyl (C=O) groups excluding carboxylic acids is 1. The van der Waals surface area contributed by atoms with Gasteiger partial charge in [-0.3, -0.25) is 4.79 Å². The first-order valence-corrected chi connectivity index (χ1v) is 12.3. The molecule has 5 rings (SSSR count). The fourth-order valence-corrected chi connectivity index (χ4v) is 4.43. The van der Waals surface area contributed by atoms with Crippen molar-refractivity contribution in [3.8, 4) is 23.3 Å². The van der Waals surface area contributed by atoms with Gasteiger partial charge in [0.25, 0.3) is 5.78 Å². The van der Waals surface area contributed by atoms with E-state index in [1.54, 1.807) is 24.3 Å². The summed E-state index contributed by atoms with van der Waals surface area (Å²) in [6.45, 7) is 0.394. The summed E-state index contributed by atoms with van der Waals surface area (Å²) < 4.78 is 15.5. The van der Waals surface area contributed by atoms with E-state index in [9.17, 15) is 9.90 Å². The van der Waals surface area contributed by atoms with Crippen LogP contribution >= 0.6 is 23.5 Å². The van der Waals surface area contributed by atoms with Crippen LogP contribution in [0.15, 0.2) is 64.1 Å². The number of anilines is 2. The Labute approximate surface area is 219 Å². The highest BCUT2D eigenvalue weighted by Gasteiger charge is 2.14. The standard InChI is InChI=1S/C24H20ClN7O4S/c25-18-12-17(11-15(13-33)20(18)34)37-31-16-7-5-14(6-8-16)3-1-10-36-24-28-22(26)32-23(29-24)27-21(30-32)19-4-2-9-35-19/h2,4-9,11-13,31,34H,1,3,10H2,(H2,26,27,28,29,30). The van der Waals surface area contributed by atoms with E-state index in [1.165, 1.54) is 22.7 Å². The normalized spacial score (nSPS) is 11.1. The van der Waals surface area contributed by atoms with E-state index in [0.29, 0.717) is 29.4 Å². The maximum Gasteiger partial charge on any atom is 0.323 e. The van der Waals surface area contributed by atoms with Gasteiger partial charge in [-0.1, -0.05) is 23.7 Å².